The van der Waals surface area contributed by atoms with Crippen LogP contribution in [-0.2, 0) is 14.3 Å². The van der Waals surface area contributed by atoms with Crippen LogP contribution >= 0.6 is 0 Å². The van der Waals surface area contributed by atoms with Crippen molar-refractivity contribution < 1.29 is 31.8 Å². The van der Waals surface area contributed by atoms with Crippen molar-refractivity contribution in [3.63, 3.8) is 0 Å². The normalized spacial score (nSPS) is 20.6. The third-order valence-corrected chi connectivity index (χ3v) is 10.1. The van der Waals surface area contributed by atoms with Gasteiger partial charge in [-0.3, -0.25) is 4.79 Å². The van der Waals surface area contributed by atoms with Crippen LogP contribution < -0.4 is 10.2 Å². The number of morpholine rings is 1. The van der Waals surface area contributed by atoms with Gasteiger partial charge in [-0.15, -0.1) is 5.10 Å². The van der Waals surface area contributed by atoms with Crippen LogP contribution in [-0.4, -0.2) is 90.3 Å². The lowest BCUT2D eigenvalue weighted by molar-refractivity contribution is -0.130. The minimum atomic E-state index is -4.51. The highest BCUT2D eigenvalue weighted by Gasteiger charge is 2.32. The third kappa shape index (κ3) is 8.97. The number of carbonyl (C=O) groups is 1. The van der Waals surface area contributed by atoms with Gasteiger partial charge in [0.2, 0.25) is 11.9 Å². The number of alkyl halides is 3. The largest absolute Gasteiger partial charge is 0.393 e. The number of pyridine rings is 1. The topological polar surface area (TPSA) is 84.8 Å². The molecule has 2 aromatic carbocycles. The van der Waals surface area contributed by atoms with E-state index in [1.54, 1.807) is 76.5 Å². The summed E-state index contributed by atoms with van der Waals surface area (Å²) in [5, 5.41) is 7.88. The van der Waals surface area contributed by atoms with Crippen LogP contribution in [0.4, 0.5) is 23.4 Å². The molecule has 1 unspecified atom stereocenters. The first-order valence-electron chi connectivity index (χ1n) is 18.4. The van der Waals surface area contributed by atoms with Crippen molar-refractivity contribution in [3.05, 3.63) is 102 Å². The zero-order chi connectivity index (χ0) is 36.8. The molecule has 3 aliphatic heterocycles. The summed E-state index contributed by atoms with van der Waals surface area (Å²) in [6, 6.07) is 17.3. The van der Waals surface area contributed by atoms with Gasteiger partial charge in [0.25, 0.3) is 0 Å². The maximum atomic E-state index is 15.5. The number of carbonyl (C=O) groups excluding carboxylic acids is 1. The summed E-state index contributed by atoms with van der Waals surface area (Å²) in [4.78, 5) is 21.1. The van der Waals surface area contributed by atoms with Gasteiger partial charge in [0.1, 0.15) is 5.82 Å². The predicted molar refractivity (Wildman–Crippen MR) is 196 cm³/mol. The molecule has 3 saturated heterocycles. The minimum Gasteiger partial charge on any atom is -0.378 e. The Morgan fingerprint density at radius 1 is 0.925 bits per heavy atom. The molecular formula is C40H44F4N6O3. The second-order valence-electron chi connectivity index (χ2n) is 13.7. The number of nitrogens with zero attached hydrogens (tertiary/aromatic N) is 5. The van der Waals surface area contributed by atoms with E-state index in [-0.39, 0.29) is 22.9 Å². The average molecular weight is 733 g/mol. The summed E-state index contributed by atoms with van der Waals surface area (Å²) >= 11 is 0. The molecule has 1 N–H and O–H groups in total. The van der Waals surface area contributed by atoms with Crippen LogP contribution in [0.25, 0.3) is 22.0 Å². The number of fused-ring (bicyclic) bond motifs is 1. The summed E-state index contributed by atoms with van der Waals surface area (Å²) in [5.74, 6) is -0.00346. The van der Waals surface area contributed by atoms with Gasteiger partial charge in [0.05, 0.1) is 30.5 Å². The lowest BCUT2D eigenvalue weighted by atomic mass is 9.88. The van der Waals surface area contributed by atoms with E-state index in [0.29, 0.717) is 86.0 Å². The highest BCUT2D eigenvalue weighted by atomic mass is 19.4. The van der Waals surface area contributed by atoms with E-state index in [1.807, 2.05) is 12.1 Å². The molecule has 0 bridgehead atoms. The Hall–Kier alpha value is -4.59. The molecule has 0 radical (unpaired) electrons. The molecule has 13 heteroatoms. The number of aromatic nitrogens is 3. The first-order chi connectivity index (χ1) is 25.7. The predicted octanol–water partition coefficient (Wildman–Crippen LogP) is 7.15. The van der Waals surface area contributed by atoms with Crippen LogP contribution in [0.2, 0.25) is 0 Å². The summed E-state index contributed by atoms with van der Waals surface area (Å²) in [6.45, 7) is 4.90. The van der Waals surface area contributed by atoms with Gasteiger partial charge in [-0.2, -0.15) is 17.6 Å². The molecule has 7 rings (SSSR count). The summed E-state index contributed by atoms with van der Waals surface area (Å²) in [5.41, 5.74) is 2.25. The molecule has 9 nitrogen and oxygen atoms in total. The maximum Gasteiger partial charge on any atom is 0.393 e. The fourth-order valence-corrected chi connectivity index (χ4v) is 7.44. The molecule has 2 atom stereocenters. The molecule has 3 fully saturated rings. The number of allylic oxidation sites excluding steroid dienone is 1. The van der Waals surface area contributed by atoms with Gasteiger partial charge < -0.3 is 24.6 Å². The van der Waals surface area contributed by atoms with Gasteiger partial charge >= 0.3 is 6.18 Å². The number of hydrogen-bond acceptors (Lipinski definition) is 7. The Morgan fingerprint density at radius 2 is 1.74 bits per heavy atom. The van der Waals surface area contributed by atoms with Crippen molar-refractivity contribution in [3.8, 4) is 0 Å². The van der Waals surface area contributed by atoms with Gasteiger partial charge in [-0.05, 0) is 78.6 Å². The number of piperidine rings is 1. The fourth-order valence-electron chi connectivity index (χ4n) is 7.44. The monoisotopic (exact) mass is 732 g/mol. The standard InChI is InChI=1S/C40H44F4N6O3/c41-39-32-24-29(13-15-34(32)50(47-39)37-12-4-5-21-53-37)38(33(25-40(42,43)44)28-8-2-1-3-9-28)30-14-16-35(46-26-30)49-18-7-10-31(27-49)45-17-6-11-36(51)48-19-22-52-23-20-48/h1-3,6,8-9,11,13-16,24,26,31,37,45H,4-5,7,10,12,17-23,25,27H2/b11-6+,38-33-/t31-,37?/m0/s1. The second kappa shape index (κ2) is 16.6. The van der Waals surface area contributed by atoms with E-state index in [4.69, 9.17) is 14.5 Å². The molecule has 4 aromatic rings. The van der Waals surface area contributed by atoms with E-state index in [1.165, 1.54) is 0 Å². The molecular weight excluding hydrogens is 688 g/mol. The first kappa shape index (κ1) is 36.8. The number of ether oxygens (including phenoxy) is 2. The number of amides is 1. The SMILES string of the molecule is O=C(/C=C/CN[C@H]1CCCN(c2ccc(/C(=C(/CC(F)(F)F)c3ccccc3)c3ccc4c(c3)c(F)nn4C3CCCCO3)cn2)C1)N1CCOCC1. The number of benzene rings is 2. The Kier molecular flexibility index (Phi) is 11.5. The number of anilines is 1. The number of hydrogen-bond donors (Lipinski definition) is 1. The molecule has 53 heavy (non-hydrogen) atoms. The molecule has 3 aliphatic rings. The van der Waals surface area contributed by atoms with Crippen molar-refractivity contribution >= 4 is 33.8 Å². The number of halogens is 4. The fraction of sp³-hybridized carbons (Fsp3) is 0.425. The van der Waals surface area contributed by atoms with E-state index in [0.717, 1.165) is 32.2 Å². The van der Waals surface area contributed by atoms with Crippen molar-refractivity contribution in [1.29, 1.82) is 0 Å². The van der Waals surface area contributed by atoms with Crippen molar-refractivity contribution in [2.45, 2.75) is 57.0 Å². The minimum absolute atomic E-state index is 0.0158. The van der Waals surface area contributed by atoms with Crippen LogP contribution in [0, 0.1) is 5.95 Å². The highest BCUT2D eigenvalue weighted by molar-refractivity contribution is 6.00. The molecule has 0 saturated carbocycles. The van der Waals surface area contributed by atoms with Crippen LogP contribution in [0.3, 0.4) is 0 Å². The zero-order valence-corrected chi connectivity index (χ0v) is 29.5. The zero-order valence-electron chi connectivity index (χ0n) is 29.5. The van der Waals surface area contributed by atoms with Crippen LogP contribution in [0.1, 0.15) is 61.4 Å². The summed E-state index contributed by atoms with van der Waals surface area (Å²) < 4.78 is 71.1. The third-order valence-electron chi connectivity index (χ3n) is 10.1. The lowest BCUT2D eigenvalue weighted by Crippen LogP contribution is -2.46. The Balaban J connectivity index is 1.16. The number of rotatable bonds is 10. The molecule has 1 amide bonds. The summed E-state index contributed by atoms with van der Waals surface area (Å²) in [6.07, 6.45) is 3.43. The van der Waals surface area contributed by atoms with Crippen LogP contribution in [0.5, 0.6) is 0 Å². The van der Waals surface area contributed by atoms with Gasteiger partial charge in [-0.1, -0.05) is 42.5 Å². The molecule has 5 heterocycles. The molecule has 0 aliphatic carbocycles. The van der Waals surface area contributed by atoms with Crippen molar-refractivity contribution in [1.82, 2.24) is 25.0 Å². The quantitative estimate of drug-likeness (QED) is 0.105. The van der Waals surface area contributed by atoms with E-state index < -0.39 is 24.8 Å². The molecule has 0 spiro atoms. The second-order valence-corrected chi connectivity index (χ2v) is 13.7. The van der Waals surface area contributed by atoms with Gasteiger partial charge in [0.15, 0.2) is 6.23 Å². The summed E-state index contributed by atoms with van der Waals surface area (Å²) in [7, 11) is 0. The Labute approximate surface area is 306 Å². The maximum absolute atomic E-state index is 15.5. The van der Waals surface area contributed by atoms with Crippen molar-refractivity contribution in [2.24, 2.45) is 0 Å². The van der Waals surface area contributed by atoms with Gasteiger partial charge in [0, 0.05) is 63.2 Å². The van der Waals surface area contributed by atoms with Crippen LogP contribution in [0.15, 0.2) is 79.0 Å². The van der Waals surface area contributed by atoms with E-state index in [2.05, 4.69) is 15.3 Å². The first-order valence-corrected chi connectivity index (χ1v) is 18.4. The van der Waals surface area contributed by atoms with E-state index in [9.17, 15) is 18.0 Å². The lowest BCUT2D eigenvalue weighted by Gasteiger charge is -2.34. The molecule has 280 valence electrons. The smallest absolute Gasteiger partial charge is 0.378 e. The Bertz CT molecular complexity index is 1920. The average Bonchev–Trinajstić information content (AvgIpc) is 3.52. The van der Waals surface area contributed by atoms with Crippen molar-refractivity contribution in [2.75, 3.05) is 57.4 Å². The highest BCUT2D eigenvalue weighted by Crippen LogP contribution is 2.41. The van der Waals surface area contributed by atoms with Gasteiger partial charge in [-0.25, -0.2) is 9.67 Å². The number of nitrogens with one attached hydrogen (secondary N) is 1. The molecule has 2 aromatic heterocycles. The van der Waals surface area contributed by atoms with E-state index >= 15 is 4.39 Å². The Morgan fingerprint density at radius 3 is 2.47 bits per heavy atom.